The van der Waals surface area contributed by atoms with Gasteiger partial charge in [-0.25, -0.2) is 9.69 Å². The van der Waals surface area contributed by atoms with E-state index in [1.54, 1.807) is 12.1 Å². The molecule has 0 unspecified atom stereocenters. The summed E-state index contributed by atoms with van der Waals surface area (Å²) in [5.74, 6) is -0.143. The summed E-state index contributed by atoms with van der Waals surface area (Å²) >= 11 is 6.08. The Kier molecular flexibility index (Phi) is 3.21. The number of halogens is 1. The molecule has 1 saturated heterocycles. The van der Waals surface area contributed by atoms with Crippen LogP contribution < -0.4 is 10.2 Å². The van der Waals surface area contributed by atoms with Crippen LogP contribution in [0.25, 0.3) is 0 Å². The Bertz CT molecular complexity index is 559. The van der Waals surface area contributed by atoms with E-state index in [-0.39, 0.29) is 17.5 Å². The molecule has 0 atom stereocenters. The van der Waals surface area contributed by atoms with Crippen LogP contribution in [-0.4, -0.2) is 17.5 Å². The van der Waals surface area contributed by atoms with E-state index in [2.05, 4.69) is 5.32 Å². The van der Waals surface area contributed by atoms with Crippen LogP contribution in [0.3, 0.4) is 0 Å². The molecule has 0 radical (unpaired) electrons. The van der Waals surface area contributed by atoms with Gasteiger partial charge in [0.15, 0.2) is 0 Å². The lowest BCUT2D eigenvalue weighted by Crippen LogP contribution is -2.61. The molecule has 2 fully saturated rings. The highest BCUT2D eigenvalue weighted by molar-refractivity contribution is 6.32. The number of aryl methyl sites for hydroxylation is 1. The molecular formula is C15H17ClN2O2. The normalized spacial score (nSPS) is 21.4. The standard InChI is InChI=1S/C15H17ClN2O2/c1-10-4-5-11(8-12(10)16)18-13(19)9-15(17-14(18)20)6-2-3-7-15/h4-5,8H,2-3,6-7,9H2,1H3,(H,17,20). The molecule has 106 valence electrons. The molecule has 0 bridgehead atoms. The van der Waals surface area contributed by atoms with Crippen LogP contribution in [0.5, 0.6) is 0 Å². The van der Waals surface area contributed by atoms with Crippen molar-refractivity contribution in [2.75, 3.05) is 4.90 Å². The van der Waals surface area contributed by atoms with E-state index >= 15 is 0 Å². The van der Waals surface area contributed by atoms with Crippen molar-refractivity contribution in [3.05, 3.63) is 28.8 Å². The molecule has 1 aromatic rings. The topological polar surface area (TPSA) is 49.4 Å². The van der Waals surface area contributed by atoms with E-state index in [4.69, 9.17) is 11.6 Å². The molecule has 4 nitrogen and oxygen atoms in total. The molecule has 1 spiro atoms. The molecule has 1 saturated carbocycles. The van der Waals surface area contributed by atoms with Crippen LogP contribution in [0, 0.1) is 6.92 Å². The summed E-state index contributed by atoms with van der Waals surface area (Å²) in [4.78, 5) is 25.9. The van der Waals surface area contributed by atoms with Gasteiger partial charge in [-0.05, 0) is 37.5 Å². The lowest BCUT2D eigenvalue weighted by atomic mass is 9.90. The van der Waals surface area contributed by atoms with E-state index in [1.165, 1.54) is 4.90 Å². The number of anilines is 1. The van der Waals surface area contributed by atoms with Gasteiger partial charge in [-0.3, -0.25) is 4.79 Å². The Hall–Kier alpha value is -1.55. The second-order valence-electron chi connectivity index (χ2n) is 5.76. The minimum atomic E-state index is -0.330. The number of benzene rings is 1. The monoisotopic (exact) mass is 292 g/mol. The first-order valence-corrected chi connectivity index (χ1v) is 7.30. The molecule has 3 rings (SSSR count). The van der Waals surface area contributed by atoms with Crippen LogP contribution in [-0.2, 0) is 4.79 Å². The highest BCUT2D eigenvalue weighted by atomic mass is 35.5. The van der Waals surface area contributed by atoms with Crippen LogP contribution in [0.4, 0.5) is 10.5 Å². The van der Waals surface area contributed by atoms with Crippen LogP contribution in [0.1, 0.15) is 37.7 Å². The molecule has 1 aromatic carbocycles. The Morgan fingerprint density at radius 1 is 1.25 bits per heavy atom. The SMILES string of the molecule is Cc1ccc(N2C(=O)CC3(CCCC3)NC2=O)cc1Cl. The van der Waals surface area contributed by atoms with Gasteiger partial charge in [-0.1, -0.05) is 30.5 Å². The fourth-order valence-corrected chi connectivity index (χ4v) is 3.32. The average molecular weight is 293 g/mol. The first-order chi connectivity index (χ1) is 9.51. The van der Waals surface area contributed by atoms with Gasteiger partial charge in [-0.15, -0.1) is 0 Å². The second-order valence-corrected chi connectivity index (χ2v) is 6.16. The molecule has 1 N–H and O–H groups in total. The van der Waals surface area contributed by atoms with Crippen LogP contribution in [0.2, 0.25) is 5.02 Å². The predicted molar refractivity (Wildman–Crippen MR) is 78.0 cm³/mol. The molecule has 1 heterocycles. The third-order valence-corrected chi connectivity index (χ3v) is 4.70. The zero-order chi connectivity index (χ0) is 14.3. The van der Waals surface area contributed by atoms with E-state index in [9.17, 15) is 9.59 Å². The van der Waals surface area contributed by atoms with Gasteiger partial charge in [0.05, 0.1) is 17.6 Å². The molecule has 5 heteroatoms. The molecule has 1 aliphatic carbocycles. The minimum Gasteiger partial charge on any atom is -0.331 e. The lowest BCUT2D eigenvalue weighted by molar-refractivity contribution is -0.120. The van der Waals surface area contributed by atoms with Crippen molar-refractivity contribution >= 4 is 29.2 Å². The first-order valence-electron chi connectivity index (χ1n) is 6.92. The zero-order valence-electron chi connectivity index (χ0n) is 11.4. The smallest absolute Gasteiger partial charge is 0.329 e. The van der Waals surface area contributed by atoms with Gasteiger partial charge in [0.25, 0.3) is 0 Å². The number of imide groups is 1. The van der Waals surface area contributed by atoms with Crippen LogP contribution >= 0.6 is 11.6 Å². The van der Waals surface area contributed by atoms with Crippen molar-refractivity contribution in [2.24, 2.45) is 0 Å². The Balaban J connectivity index is 1.89. The summed E-state index contributed by atoms with van der Waals surface area (Å²) in [6.45, 7) is 1.89. The first kappa shape index (κ1) is 13.4. The zero-order valence-corrected chi connectivity index (χ0v) is 12.2. The number of hydrogen-bond donors (Lipinski definition) is 1. The van der Waals surface area contributed by atoms with Crippen molar-refractivity contribution in [3.63, 3.8) is 0 Å². The van der Waals surface area contributed by atoms with E-state index < -0.39 is 0 Å². The summed E-state index contributed by atoms with van der Waals surface area (Å²) in [5.41, 5.74) is 1.16. The van der Waals surface area contributed by atoms with Crippen molar-refractivity contribution in [3.8, 4) is 0 Å². The molecule has 2 aliphatic rings. The summed E-state index contributed by atoms with van der Waals surface area (Å²) in [7, 11) is 0. The van der Waals surface area contributed by atoms with Crippen molar-refractivity contribution in [2.45, 2.75) is 44.6 Å². The number of amides is 3. The number of nitrogens with one attached hydrogen (secondary N) is 1. The van der Waals surface area contributed by atoms with Crippen molar-refractivity contribution in [1.82, 2.24) is 5.32 Å². The van der Waals surface area contributed by atoms with Crippen molar-refractivity contribution in [1.29, 1.82) is 0 Å². The number of hydrogen-bond acceptors (Lipinski definition) is 2. The largest absolute Gasteiger partial charge is 0.331 e. The maximum Gasteiger partial charge on any atom is 0.329 e. The van der Waals surface area contributed by atoms with Gasteiger partial charge < -0.3 is 5.32 Å². The molecule has 20 heavy (non-hydrogen) atoms. The van der Waals surface area contributed by atoms with E-state index in [1.807, 2.05) is 13.0 Å². The number of carbonyl (C=O) groups is 2. The molecule has 3 amide bonds. The maximum absolute atomic E-state index is 12.4. The quantitative estimate of drug-likeness (QED) is 0.862. The van der Waals surface area contributed by atoms with Gasteiger partial charge in [-0.2, -0.15) is 0 Å². The summed E-state index contributed by atoms with van der Waals surface area (Å²) in [6.07, 6.45) is 4.32. The van der Waals surface area contributed by atoms with Crippen molar-refractivity contribution < 1.29 is 9.59 Å². The Morgan fingerprint density at radius 3 is 2.55 bits per heavy atom. The van der Waals surface area contributed by atoms with Crippen LogP contribution in [0.15, 0.2) is 18.2 Å². The Morgan fingerprint density at radius 2 is 1.95 bits per heavy atom. The summed E-state index contributed by atoms with van der Waals surface area (Å²) in [6, 6.07) is 4.91. The molecular weight excluding hydrogens is 276 g/mol. The fraction of sp³-hybridized carbons (Fsp3) is 0.467. The third-order valence-electron chi connectivity index (χ3n) is 4.29. The van der Waals surface area contributed by atoms with E-state index in [0.717, 1.165) is 31.2 Å². The van der Waals surface area contributed by atoms with Gasteiger partial charge >= 0.3 is 6.03 Å². The minimum absolute atomic E-state index is 0.143. The third kappa shape index (κ3) is 2.18. The number of rotatable bonds is 1. The average Bonchev–Trinajstić information content (AvgIpc) is 2.80. The molecule has 0 aromatic heterocycles. The highest BCUT2D eigenvalue weighted by Gasteiger charge is 2.45. The maximum atomic E-state index is 12.4. The summed E-state index contributed by atoms with van der Waals surface area (Å²) in [5, 5.41) is 3.59. The molecule has 1 aliphatic heterocycles. The van der Waals surface area contributed by atoms with Gasteiger partial charge in [0.2, 0.25) is 5.91 Å². The number of nitrogens with zero attached hydrogens (tertiary/aromatic N) is 1. The lowest BCUT2D eigenvalue weighted by Gasteiger charge is -2.38. The summed E-state index contributed by atoms with van der Waals surface area (Å²) < 4.78 is 0. The number of urea groups is 1. The fourth-order valence-electron chi connectivity index (χ4n) is 3.14. The van der Waals surface area contributed by atoms with E-state index in [0.29, 0.717) is 17.1 Å². The number of carbonyl (C=O) groups excluding carboxylic acids is 2. The predicted octanol–water partition coefficient (Wildman–Crippen LogP) is 3.41. The highest BCUT2D eigenvalue weighted by Crippen LogP contribution is 2.37. The van der Waals surface area contributed by atoms with Gasteiger partial charge in [0.1, 0.15) is 0 Å². The Labute approximate surface area is 123 Å². The second kappa shape index (κ2) is 4.77. The van der Waals surface area contributed by atoms with Gasteiger partial charge in [0, 0.05) is 5.02 Å².